The Morgan fingerprint density at radius 1 is 0.315 bits per heavy atom. The van der Waals surface area contributed by atoms with Crippen molar-refractivity contribution in [3.05, 3.63) is 176 Å². The van der Waals surface area contributed by atoms with Crippen LogP contribution in [0.4, 0.5) is 0 Å². The molecule has 0 radical (unpaired) electrons. The van der Waals surface area contributed by atoms with E-state index in [-0.39, 0.29) is 0 Å². The van der Waals surface area contributed by atoms with Crippen molar-refractivity contribution in [2.24, 2.45) is 0 Å². The lowest BCUT2D eigenvalue weighted by molar-refractivity contribution is 0.669. The highest BCUT2D eigenvalue weighted by Crippen LogP contribution is 2.41. The maximum atomic E-state index is 6.59. The third kappa shape index (κ3) is 4.98. The van der Waals surface area contributed by atoms with E-state index in [2.05, 4.69) is 121 Å². The van der Waals surface area contributed by atoms with Gasteiger partial charge in [0.15, 0.2) is 17.5 Å². The van der Waals surface area contributed by atoms with Crippen LogP contribution in [0.15, 0.2) is 185 Å². The van der Waals surface area contributed by atoms with Crippen molar-refractivity contribution in [2.75, 3.05) is 0 Å². The molecule has 0 atom stereocenters. The van der Waals surface area contributed by atoms with E-state index < -0.39 is 0 Å². The van der Waals surface area contributed by atoms with Gasteiger partial charge in [0.1, 0.15) is 22.3 Å². The standard InChI is InChI=1S/C49H29N3O2/c1-2-11-30(12-3-1)32-21-24-33(25-22-32)40-28-36(29-41-37-15-6-8-18-42(37)54-46(40)41)48-50-47(35-26-23-31-13-4-5-14-34(31)27-35)51-49(52-48)39-17-10-20-44-45(39)38-16-7-9-19-43(38)53-44/h1-29H. The Morgan fingerprint density at radius 2 is 0.926 bits per heavy atom. The normalized spacial score (nSPS) is 11.7. The number of para-hydroxylation sites is 2. The zero-order valence-corrected chi connectivity index (χ0v) is 28.9. The summed E-state index contributed by atoms with van der Waals surface area (Å²) in [6.45, 7) is 0. The minimum Gasteiger partial charge on any atom is -0.456 e. The van der Waals surface area contributed by atoms with Gasteiger partial charge in [0.2, 0.25) is 0 Å². The Labute approximate surface area is 309 Å². The molecule has 54 heavy (non-hydrogen) atoms. The van der Waals surface area contributed by atoms with Crippen molar-refractivity contribution in [1.82, 2.24) is 15.0 Å². The van der Waals surface area contributed by atoms with Gasteiger partial charge in [-0.25, -0.2) is 15.0 Å². The van der Waals surface area contributed by atoms with E-state index in [0.717, 1.165) is 88.0 Å². The van der Waals surface area contributed by atoms with Crippen LogP contribution in [0.5, 0.6) is 0 Å². The van der Waals surface area contributed by atoms with Gasteiger partial charge >= 0.3 is 0 Å². The Balaban J connectivity index is 1.17. The molecule has 11 aromatic rings. The summed E-state index contributed by atoms with van der Waals surface area (Å²) in [5.74, 6) is 1.74. The topological polar surface area (TPSA) is 65.0 Å². The van der Waals surface area contributed by atoms with Crippen LogP contribution in [-0.4, -0.2) is 15.0 Å². The third-order valence-electron chi connectivity index (χ3n) is 10.3. The predicted octanol–water partition coefficient (Wildman–Crippen LogP) is 13.2. The van der Waals surface area contributed by atoms with Crippen molar-refractivity contribution >= 4 is 54.6 Å². The first-order valence-corrected chi connectivity index (χ1v) is 18.0. The van der Waals surface area contributed by atoms with E-state index in [9.17, 15) is 0 Å². The maximum Gasteiger partial charge on any atom is 0.164 e. The first-order chi connectivity index (χ1) is 26.7. The summed E-state index contributed by atoms with van der Waals surface area (Å²) in [6, 6.07) is 60.5. The number of nitrogens with zero attached hydrogens (tertiary/aromatic N) is 3. The highest BCUT2D eigenvalue weighted by molar-refractivity contribution is 6.13. The summed E-state index contributed by atoms with van der Waals surface area (Å²) in [4.78, 5) is 15.7. The summed E-state index contributed by atoms with van der Waals surface area (Å²) >= 11 is 0. The van der Waals surface area contributed by atoms with E-state index in [0.29, 0.717) is 17.5 Å². The SMILES string of the molecule is c1ccc(-c2ccc(-c3cc(-c4nc(-c5ccc6ccccc6c5)nc(-c5cccc6oc7ccccc7c56)n4)cc4c3oc3ccccc34)cc2)cc1. The zero-order valence-electron chi connectivity index (χ0n) is 28.9. The molecule has 0 bridgehead atoms. The van der Waals surface area contributed by atoms with Gasteiger partial charge in [-0.3, -0.25) is 0 Å². The quantitative estimate of drug-likeness (QED) is 0.180. The molecule has 0 aliphatic rings. The van der Waals surface area contributed by atoms with Crippen molar-refractivity contribution in [3.63, 3.8) is 0 Å². The largest absolute Gasteiger partial charge is 0.456 e. The van der Waals surface area contributed by atoms with Crippen molar-refractivity contribution < 1.29 is 8.83 Å². The van der Waals surface area contributed by atoms with Crippen LogP contribution in [-0.2, 0) is 0 Å². The molecular formula is C49H29N3O2. The summed E-state index contributed by atoms with van der Waals surface area (Å²) in [5, 5.41) is 6.31. The molecule has 3 heterocycles. The van der Waals surface area contributed by atoms with Gasteiger partial charge in [-0.05, 0) is 63.9 Å². The number of aromatic nitrogens is 3. The van der Waals surface area contributed by atoms with Crippen molar-refractivity contribution in [2.45, 2.75) is 0 Å². The van der Waals surface area contributed by atoms with Crippen molar-refractivity contribution in [1.29, 1.82) is 0 Å². The van der Waals surface area contributed by atoms with Crippen LogP contribution in [0, 0.1) is 0 Å². The van der Waals surface area contributed by atoms with E-state index in [1.165, 1.54) is 5.56 Å². The van der Waals surface area contributed by atoms with Gasteiger partial charge in [0, 0.05) is 43.8 Å². The molecule has 5 nitrogen and oxygen atoms in total. The fourth-order valence-corrected chi connectivity index (χ4v) is 7.69. The summed E-state index contributed by atoms with van der Waals surface area (Å²) in [7, 11) is 0. The van der Waals surface area contributed by atoms with E-state index in [1.54, 1.807) is 0 Å². The van der Waals surface area contributed by atoms with Crippen LogP contribution >= 0.6 is 0 Å². The molecule has 0 spiro atoms. The monoisotopic (exact) mass is 691 g/mol. The van der Waals surface area contributed by atoms with Gasteiger partial charge in [0.25, 0.3) is 0 Å². The van der Waals surface area contributed by atoms with Gasteiger partial charge < -0.3 is 8.83 Å². The molecule has 11 rings (SSSR count). The lowest BCUT2D eigenvalue weighted by Crippen LogP contribution is -2.01. The van der Waals surface area contributed by atoms with Crippen LogP contribution in [0.25, 0.3) is 111 Å². The number of rotatable bonds is 5. The molecule has 0 N–H and O–H groups in total. The highest BCUT2D eigenvalue weighted by atomic mass is 16.3. The van der Waals surface area contributed by atoms with Gasteiger partial charge in [-0.1, -0.05) is 140 Å². The van der Waals surface area contributed by atoms with Crippen LogP contribution in [0.1, 0.15) is 0 Å². The molecule has 5 heteroatoms. The predicted molar refractivity (Wildman–Crippen MR) is 219 cm³/mol. The second-order valence-corrected chi connectivity index (χ2v) is 13.6. The van der Waals surface area contributed by atoms with Gasteiger partial charge in [-0.2, -0.15) is 0 Å². The van der Waals surface area contributed by atoms with Crippen LogP contribution in [0.3, 0.4) is 0 Å². The lowest BCUT2D eigenvalue weighted by Gasteiger charge is -2.12. The molecular weight excluding hydrogens is 663 g/mol. The Hall–Kier alpha value is -7.37. The molecule has 3 aromatic heterocycles. The highest BCUT2D eigenvalue weighted by Gasteiger charge is 2.21. The molecule has 8 aromatic carbocycles. The third-order valence-corrected chi connectivity index (χ3v) is 10.3. The number of hydrogen-bond acceptors (Lipinski definition) is 5. The Kier molecular flexibility index (Phi) is 6.79. The summed E-state index contributed by atoms with van der Waals surface area (Å²) in [5.41, 5.74) is 10.3. The molecule has 252 valence electrons. The zero-order chi connectivity index (χ0) is 35.6. The fourth-order valence-electron chi connectivity index (χ4n) is 7.69. The Morgan fingerprint density at radius 3 is 1.76 bits per heavy atom. The minimum atomic E-state index is 0.572. The number of hydrogen-bond donors (Lipinski definition) is 0. The van der Waals surface area contributed by atoms with E-state index in [1.807, 2.05) is 54.6 Å². The molecule has 0 saturated carbocycles. The minimum absolute atomic E-state index is 0.572. The van der Waals surface area contributed by atoms with Crippen molar-refractivity contribution in [3.8, 4) is 56.4 Å². The summed E-state index contributed by atoms with van der Waals surface area (Å²) in [6.07, 6.45) is 0. The fraction of sp³-hybridized carbons (Fsp3) is 0. The molecule has 0 amide bonds. The van der Waals surface area contributed by atoms with Crippen LogP contribution < -0.4 is 0 Å². The average molecular weight is 692 g/mol. The number of furan rings is 2. The van der Waals surface area contributed by atoms with Gasteiger partial charge in [-0.15, -0.1) is 0 Å². The number of fused-ring (bicyclic) bond motifs is 7. The lowest BCUT2D eigenvalue weighted by atomic mass is 9.96. The molecule has 0 fully saturated rings. The smallest absolute Gasteiger partial charge is 0.164 e. The maximum absolute atomic E-state index is 6.59. The molecule has 0 saturated heterocycles. The first-order valence-electron chi connectivity index (χ1n) is 18.0. The Bertz CT molecular complexity index is 3210. The second kappa shape index (κ2) is 12.1. The van der Waals surface area contributed by atoms with E-state index >= 15 is 0 Å². The second-order valence-electron chi connectivity index (χ2n) is 13.6. The molecule has 0 aliphatic heterocycles. The average Bonchev–Trinajstić information content (AvgIpc) is 3.82. The van der Waals surface area contributed by atoms with E-state index in [4.69, 9.17) is 23.8 Å². The number of benzene rings is 8. The molecule has 0 aliphatic carbocycles. The summed E-state index contributed by atoms with van der Waals surface area (Å²) < 4.78 is 12.9. The van der Waals surface area contributed by atoms with Crippen LogP contribution in [0.2, 0.25) is 0 Å². The van der Waals surface area contributed by atoms with Gasteiger partial charge in [0.05, 0.1) is 0 Å². The molecule has 0 unspecified atom stereocenters. The first kappa shape index (κ1) is 30.3.